The van der Waals surface area contributed by atoms with Gasteiger partial charge in [-0.2, -0.15) is 13.2 Å². The molecule has 0 aliphatic heterocycles. The Bertz CT molecular complexity index is 988. The smallest absolute Gasteiger partial charge is 0.419 e. The zero-order chi connectivity index (χ0) is 19.8. The maximum atomic E-state index is 13.3. The number of ether oxygens (including phenoxy) is 1. The van der Waals surface area contributed by atoms with Gasteiger partial charge in [0.05, 0.1) is 17.6 Å². The number of methoxy groups -OCH3 is 1. The van der Waals surface area contributed by atoms with Crippen LogP contribution in [0.1, 0.15) is 36.0 Å². The highest BCUT2D eigenvalue weighted by Gasteiger charge is 2.36. The van der Waals surface area contributed by atoms with Crippen LogP contribution in [0.25, 0.3) is 11.1 Å². The van der Waals surface area contributed by atoms with Crippen molar-refractivity contribution in [1.82, 2.24) is 0 Å². The van der Waals surface area contributed by atoms with Crippen molar-refractivity contribution >= 4 is 21.0 Å². The van der Waals surface area contributed by atoms with Crippen LogP contribution in [-0.4, -0.2) is 21.8 Å². The summed E-state index contributed by atoms with van der Waals surface area (Å²) in [6, 6.07) is 10.5. The van der Waals surface area contributed by atoms with Crippen LogP contribution >= 0.6 is 0 Å². The fourth-order valence-electron chi connectivity index (χ4n) is 3.48. The van der Waals surface area contributed by atoms with Crippen molar-refractivity contribution in [1.29, 1.82) is 0 Å². The average molecular weight is 396 g/mol. The topological polar surface area (TPSA) is 43.4 Å². The van der Waals surface area contributed by atoms with Gasteiger partial charge in [0.15, 0.2) is 9.84 Å². The van der Waals surface area contributed by atoms with Crippen molar-refractivity contribution in [2.45, 2.75) is 30.3 Å². The molecule has 0 amide bonds. The molecular weight excluding hydrogens is 377 g/mol. The van der Waals surface area contributed by atoms with E-state index in [9.17, 15) is 21.6 Å². The van der Waals surface area contributed by atoms with E-state index in [2.05, 4.69) is 0 Å². The van der Waals surface area contributed by atoms with E-state index in [1.807, 2.05) is 0 Å². The third kappa shape index (κ3) is 3.88. The Balaban J connectivity index is 2.13. The van der Waals surface area contributed by atoms with Crippen LogP contribution in [-0.2, 0) is 16.0 Å². The maximum Gasteiger partial charge on any atom is 0.419 e. The van der Waals surface area contributed by atoms with Gasteiger partial charge < -0.3 is 4.74 Å². The van der Waals surface area contributed by atoms with Crippen LogP contribution in [0.15, 0.2) is 47.4 Å². The number of rotatable bonds is 4. The van der Waals surface area contributed by atoms with Crippen LogP contribution in [0.4, 0.5) is 13.2 Å². The molecule has 0 radical (unpaired) electrons. The summed E-state index contributed by atoms with van der Waals surface area (Å²) in [4.78, 5) is 0.211. The van der Waals surface area contributed by atoms with Gasteiger partial charge in [-0.15, -0.1) is 0 Å². The summed E-state index contributed by atoms with van der Waals surface area (Å²) < 4.78 is 68.4. The Labute approximate surface area is 156 Å². The third-order valence-corrected chi connectivity index (χ3v) is 5.83. The van der Waals surface area contributed by atoms with Crippen molar-refractivity contribution in [3.63, 3.8) is 0 Å². The number of allylic oxidation sites excluding steroid dienone is 2. The molecule has 0 atom stereocenters. The highest BCUT2D eigenvalue weighted by molar-refractivity contribution is 7.90. The number of halogens is 3. The molecule has 0 saturated heterocycles. The van der Waals surface area contributed by atoms with Crippen molar-refractivity contribution in [3.05, 3.63) is 59.2 Å². The van der Waals surface area contributed by atoms with Crippen molar-refractivity contribution in [3.8, 4) is 5.75 Å². The van der Waals surface area contributed by atoms with Gasteiger partial charge in [0.25, 0.3) is 0 Å². The first kappa shape index (κ1) is 19.5. The lowest BCUT2D eigenvalue weighted by atomic mass is 9.95. The molecule has 27 heavy (non-hydrogen) atoms. The standard InChI is InChI=1S/C20H19F3O3S/c1-26-19-17(7-4-8-18(19)20(21,22)23)16-6-3-5-15(16)13-9-11-14(12-10-13)27(2,24)25/h4,7-12H,3,5-6H2,1-2H3. The second-order valence-corrected chi connectivity index (χ2v) is 8.51. The van der Waals surface area contributed by atoms with Crippen LogP contribution in [0, 0.1) is 0 Å². The lowest BCUT2D eigenvalue weighted by molar-refractivity contribution is -0.138. The molecule has 0 saturated carbocycles. The van der Waals surface area contributed by atoms with Crippen LogP contribution in [0.5, 0.6) is 5.75 Å². The van der Waals surface area contributed by atoms with Crippen molar-refractivity contribution in [2.75, 3.05) is 13.4 Å². The first-order chi connectivity index (χ1) is 12.6. The number of benzene rings is 2. The number of para-hydroxylation sites is 1. The number of hydrogen-bond donors (Lipinski definition) is 0. The SMILES string of the molecule is COc1c(C2=C(c3ccc(S(C)(=O)=O)cc3)CCC2)cccc1C(F)(F)F. The fourth-order valence-corrected chi connectivity index (χ4v) is 4.11. The van der Waals surface area contributed by atoms with E-state index in [1.165, 1.54) is 25.3 Å². The summed E-state index contributed by atoms with van der Waals surface area (Å²) >= 11 is 0. The summed E-state index contributed by atoms with van der Waals surface area (Å²) in [5.41, 5.74) is 2.19. The molecule has 2 aromatic rings. The highest BCUT2D eigenvalue weighted by atomic mass is 32.2. The first-order valence-corrected chi connectivity index (χ1v) is 10.3. The Kier molecular flexibility index (Phi) is 5.08. The van der Waals surface area contributed by atoms with E-state index >= 15 is 0 Å². The summed E-state index contributed by atoms with van der Waals surface area (Å²) in [7, 11) is -2.06. The fraction of sp³-hybridized carbons (Fsp3) is 0.300. The predicted octanol–water partition coefficient (Wildman–Crippen LogP) is 5.21. The molecule has 0 spiro atoms. The monoisotopic (exact) mass is 396 g/mol. The van der Waals surface area contributed by atoms with Gasteiger partial charge in [0.2, 0.25) is 0 Å². The molecule has 0 unspecified atom stereocenters. The number of sulfone groups is 1. The Hall–Kier alpha value is -2.28. The summed E-state index contributed by atoms with van der Waals surface area (Å²) in [5.74, 6) is -0.174. The molecule has 3 rings (SSSR count). The lowest BCUT2D eigenvalue weighted by Crippen LogP contribution is -2.09. The Morgan fingerprint density at radius 3 is 2.15 bits per heavy atom. The largest absolute Gasteiger partial charge is 0.495 e. The highest BCUT2D eigenvalue weighted by Crippen LogP contribution is 2.46. The summed E-state index contributed by atoms with van der Waals surface area (Å²) in [5, 5.41) is 0. The molecule has 1 aliphatic carbocycles. The van der Waals surface area contributed by atoms with E-state index in [0.717, 1.165) is 35.5 Å². The first-order valence-electron chi connectivity index (χ1n) is 8.40. The van der Waals surface area contributed by atoms with E-state index in [4.69, 9.17) is 4.74 Å². The minimum Gasteiger partial charge on any atom is -0.495 e. The van der Waals surface area contributed by atoms with Gasteiger partial charge in [0.1, 0.15) is 5.75 Å². The van der Waals surface area contributed by atoms with Gasteiger partial charge in [-0.05, 0) is 54.2 Å². The van der Waals surface area contributed by atoms with Crippen molar-refractivity contribution < 1.29 is 26.3 Å². The van der Waals surface area contributed by atoms with Crippen LogP contribution < -0.4 is 4.74 Å². The zero-order valence-electron chi connectivity index (χ0n) is 14.9. The van der Waals surface area contributed by atoms with E-state index in [-0.39, 0.29) is 10.6 Å². The predicted molar refractivity (Wildman–Crippen MR) is 98.2 cm³/mol. The molecule has 0 aromatic heterocycles. The van der Waals surface area contributed by atoms with E-state index < -0.39 is 21.6 Å². The van der Waals surface area contributed by atoms with Gasteiger partial charge in [-0.25, -0.2) is 8.42 Å². The quantitative estimate of drug-likeness (QED) is 0.712. The minimum atomic E-state index is -4.50. The van der Waals surface area contributed by atoms with Gasteiger partial charge >= 0.3 is 6.18 Å². The molecule has 0 bridgehead atoms. The lowest BCUT2D eigenvalue weighted by Gasteiger charge is -2.17. The molecule has 7 heteroatoms. The normalized spacial score (nSPS) is 15.3. The second kappa shape index (κ2) is 7.03. The summed E-state index contributed by atoms with van der Waals surface area (Å²) in [6.07, 6.45) is -1.20. The van der Waals surface area contributed by atoms with E-state index in [0.29, 0.717) is 18.4 Å². The molecule has 3 nitrogen and oxygen atoms in total. The number of alkyl halides is 3. The molecule has 0 heterocycles. The summed E-state index contributed by atoms with van der Waals surface area (Å²) in [6.45, 7) is 0. The second-order valence-electron chi connectivity index (χ2n) is 6.49. The van der Waals surface area contributed by atoms with Crippen molar-refractivity contribution in [2.24, 2.45) is 0 Å². The van der Waals surface area contributed by atoms with E-state index in [1.54, 1.807) is 18.2 Å². The minimum absolute atomic E-state index is 0.174. The molecule has 144 valence electrons. The average Bonchev–Trinajstić information content (AvgIpc) is 3.09. The molecule has 0 N–H and O–H groups in total. The molecule has 2 aromatic carbocycles. The van der Waals surface area contributed by atoms with Crippen LogP contribution in [0.2, 0.25) is 0 Å². The Morgan fingerprint density at radius 2 is 1.59 bits per heavy atom. The van der Waals surface area contributed by atoms with Gasteiger partial charge in [-0.3, -0.25) is 0 Å². The van der Waals surface area contributed by atoms with Gasteiger partial charge in [-0.1, -0.05) is 24.3 Å². The molecule has 1 aliphatic rings. The zero-order valence-corrected chi connectivity index (χ0v) is 15.7. The molecule has 0 fully saturated rings. The van der Waals surface area contributed by atoms with Crippen LogP contribution in [0.3, 0.4) is 0 Å². The maximum absolute atomic E-state index is 13.3. The third-order valence-electron chi connectivity index (χ3n) is 4.70. The molecular formula is C20H19F3O3S. The number of hydrogen-bond acceptors (Lipinski definition) is 3. The Morgan fingerprint density at radius 1 is 0.963 bits per heavy atom. The van der Waals surface area contributed by atoms with Gasteiger partial charge in [0, 0.05) is 11.8 Å².